The van der Waals surface area contributed by atoms with Gasteiger partial charge in [0.2, 0.25) is 0 Å². The molecule has 10 nitrogen and oxygen atoms in total. The smallest absolute Gasteiger partial charge is 0.264 e. The number of hydrogen-bond donors (Lipinski definition) is 0. The highest BCUT2D eigenvalue weighted by molar-refractivity contribution is 5.98. The molecule has 1 saturated heterocycles. The zero-order valence-electron chi connectivity index (χ0n) is 30.0. The summed E-state index contributed by atoms with van der Waals surface area (Å²) in [7, 11) is 5.13. The molecule has 0 spiro atoms. The van der Waals surface area contributed by atoms with Gasteiger partial charge in [-0.15, -0.1) is 0 Å². The maximum atomic E-state index is 13.4. The molecule has 0 bridgehead atoms. The lowest BCUT2D eigenvalue weighted by molar-refractivity contribution is -0.129. The number of fused-ring (bicyclic) bond motifs is 2. The van der Waals surface area contributed by atoms with E-state index in [-0.39, 0.29) is 17.5 Å². The molecular formula is C41H46N6O4. The normalized spacial score (nSPS) is 18.6. The second-order valence-corrected chi connectivity index (χ2v) is 14.1. The molecule has 10 heteroatoms. The first kappa shape index (κ1) is 34.5. The highest BCUT2D eigenvalue weighted by Gasteiger charge is 2.32. The number of rotatable bonds is 9. The Bertz CT molecular complexity index is 2060. The third-order valence-corrected chi connectivity index (χ3v) is 11.1. The lowest BCUT2D eigenvalue weighted by Crippen LogP contribution is -2.45. The molecule has 2 aromatic heterocycles. The average molecular weight is 687 g/mol. The molecule has 1 atom stereocenters. The van der Waals surface area contributed by atoms with Crippen LogP contribution >= 0.6 is 0 Å². The molecule has 51 heavy (non-hydrogen) atoms. The van der Waals surface area contributed by atoms with Crippen molar-refractivity contribution in [2.45, 2.75) is 51.7 Å². The van der Waals surface area contributed by atoms with Crippen LogP contribution in [0.2, 0.25) is 0 Å². The standard InChI is InChI=1S/C41H46N6O4/c1-27-32-10-6-9-29(33(32)12-14-47(27)40(48)31(22-42)19-28-7-5-8-28)24-45-15-17-46(18-16-45)26-37-38(50-3)20-30(21-39(37)51-4)36-25-44(2)41(49)35-23-43-13-11-34(35)36/h6,9-11,13,19-21,23,25,27-28H,5,7-8,12,14-18,24,26H2,1-4H3/b31-19-. The molecule has 1 unspecified atom stereocenters. The molecule has 0 N–H and O–H groups in total. The Morgan fingerprint density at radius 2 is 1.71 bits per heavy atom. The van der Waals surface area contributed by atoms with E-state index in [0.29, 0.717) is 30.0 Å². The van der Waals surface area contributed by atoms with Crippen LogP contribution in [0, 0.1) is 17.2 Å². The third kappa shape index (κ3) is 6.76. The lowest BCUT2D eigenvalue weighted by Gasteiger charge is -2.38. The van der Waals surface area contributed by atoms with Gasteiger partial charge in [-0.3, -0.25) is 24.4 Å². The number of aromatic nitrogens is 2. The van der Waals surface area contributed by atoms with Crippen LogP contribution in [0.1, 0.15) is 54.5 Å². The summed E-state index contributed by atoms with van der Waals surface area (Å²) < 4.78 is 13.5. The molecule has 1 aliphatic carbocycles. The minimum Gasteiger partial charge on any atom is -0.496 e. The maximum absolute atomic E-state index is 13.4. The molecule has 264 valence electrons. The Balaban J connectivity index is 1.03. The van der Waals surface area contributed by atoms with E-state index in [1.165, 1.54) is 23.1 Å². The molecule has 4 heterocycles. The summed E-state index contributed by atoms with van der Waals surface area (Å²) in [5, 5.41) is 11.2. The van der Waals surface area contributed by atoms with E-state index in [2.05, 4.69) is 46.0 Å². The average Bonchev–Trinajstić information content (AvgIpc) is 3.13. The molecule has 4 aromatic rings. The van der Waals surface area contributed by atoms with Gasteiger partial charge in [-0.25, -0.2) is 0 Å². The van der Waals surface area contributed by atoms with E-state index in [9.17, 15) is 14.9 Å². The predicted molar refractivity (Wildman–Crippen MR) is 197 cm³/mol. The summed E-state index contributed by atoms with van der Waals surface area (Å²) >= 11 is 0. The number of carbonyl (C=O) groups is 1. The van der Waals surface area contributed by atoms with Crippen molar-refractivity contribution in [1.29, 1.82) is 5.26 Å². The maximum Gasteiger partial charge on any atom is 0.264 e. The van der Waals surface area contributed by atoms with Gasteiger partial charge in [0.25, 0.3) is 11.5 Å². The van der Waals surface area contributed by atoms with Crippen molar-refractivity contribution >= 4 is 16.7 Å². The molecule has 1 amide bonds. The summed E-state index contributed by atoms with van der Waals surface area (Å²) in [6.07, 6.45) is 11.2. The largest absolute Gasteiger partial charge is 0.496 e. The van der Waals surface area contributed by atoms with E-state index < -0.39 is 0 Å². The van der Waals surface area contributed by atoms with Gasteiger partial charge in [-0.2, -0.15) is 5.26 Å². The van der Waals surface area contributed by atoms with Crippen LogP contribution in [0.25, 0.3) is 21.9 Å². The quantitative estimate of drug-likeness (QED) is 0.165. The molecule has 3 aliphatic rings. The zero-order valence-corrected chi connectivity index (χ0v) is 30.0. The summed E-state index contributed by atoms with van der Waals surface area (Å²) in [5.74, 6) is 1.73. The minimum atomic E-state index is -0.134. The topological polar surface area (TPSA) is 104 Å². The van der Waals surface area contributed by atoms with Crippen LogP contribution in [0.4, 0.5) is 0 Å². The number of ether oxygens (including phenoxy) is 2. The number of allylic oxidation sites excluding steroid dienone is 1. The van der Waals surface area contributed by atoms with E-state index in [0.717, 1.165) is 85.6 Å². The van der Waals surface area contributed by atoms with Crippen molar-refractivity contribution in [3.8, 4) is 28.7 Å². The number of nitrogens with zero attached hydrogens (tertiary/aromatic N) is 6. The predicted octanol–water partition coefficient (Wildman–Crippen LogP) is 5.63. The first-order valence-electron chi connectivity index (χ1n) is 18.0. The number of aryl methyl sites for hydroxylation is 1. The number of benzene rings is 2. The minimum absolute atomic E-state index is 0.0721. The Morgan fingerprint density at radius 3 is 2.35 bits per heavy atom. The van der Waals surface area contributed by atoms with Crippen molar-refractivity contribution < 1.29 is 14.3 Å². The Morgan fingerprint density at radius 1 is 1.00 bits per heavy atom. The highest BCUT2D eigenvalue weighted by atomic mass is 16.5. The Labute approximate surface area is 299 Å². The van der Waals surface area contributed by atoms with Gasteiger partial charge >= 0.3 is 0 Å². The first-order valence-corrected chi connectivity index (χ1v) is 18.0. The van der Waals surface area contributed by atoms with Crippen molar-refractivity contribution in [2.24, 2.45) is 13.0 Å². The second kappa shape index (κ2) is 14.7. The van der Waals surface area contributed by atoms with Crippen LogP contribution in [-0.2, 0) is 31.4 Å². The fourth-order valence-corrected chi connectivity index (χ4v) is 7.93. The number of carbonyl (C=O) groups excluding carboxylic acids is 1. The fraction of sp³-hybridized carbons (Fsp3) is 0.415. The van der Waals surface area contributed by atoms with Crippen LogP contribution in [0.5, 0.6) is 11.5 Å². The fourth-order valence-electron chi connectivity index (χ4n) is 7.93. The second-order valence-electron chi connectivity index (χ2n) is 14.1. The molecule has 2 fully saturated rings. The first-order chi connectivity index (χ1) is 24.8. The Kier molecular flexibility index (Phi) is 9.94. The molecule has 2 aliphatic heterocycles. The van der Waals surface area contributed by atoms with Gasteiger partial charge < -0.3 is 18.9 Å². The number of piperazine rings is 1. The van der Waals surface area contributed by atoms with Crippen molar-refractivity contribution in [3.63, 3.8) is 0 Å². The van der Waals surface area contributed by atoms with Crippen molar-refractivity contribution in [3.05, 3.63) is 99.2 Å². The van der Waals surface area contributed by atoms with Crippen molar-refractivity contribution in [1.82, 2.24) is 24.3 Å². The van der Waals surface area contributed by atoms with Gasteiger partial charge in [0.1, 0.15) is 23.1 Å². The molecule has 7 rings (SSSR count). The molecule has 0 radical (unpaired) electrons. The lowest BCUT2D eigenvalue weighted by atomic mass is 9.84. The van der Waals surface area contributed by atoms with Crippen LogP contribution in [0.3, 0.4) is 0 Å². The molecule has 1 saturated carbocycles. The number of nitriles is 1. The monoisotopic (exact) mass is 686 g/mol. The van der Waals surface area contributed by atoms with Gasteiger partial charge in [-0.1, -0.05) is 30.7 Å². The molecule has 2 aromatic carbocycles. The van der Waals surface area contributed by atoms with Gasteiger partial charge in [0.15, 0.2) is 0 Å². The van der Waals surface area contributed by atoms with Crippen LogP contribution < -0.4 is 15.0 Å². The number of methoxy groups -OCH3 is 2. The SMILES string of the molecule is COc1cc(-c2cn(C)c(=O)c3cnccc23)cc(OC)c1CN1CCN(Cc2cccc3c2CCN(C(=O)/C(C#N)=C\C2CCC2)C3C)CC1. The van der Waals surface area contributed by atoms with E-state index in [4.69, 9.17) is 9.47 Å². The summed E-state index contributed by atoms with van der Waals surface area (Å²) in [6.45, 7) is 7.96. The third-order valence-electron chi connectivity index (χ3n) is 11.1. The van der Waals surface area contributed by atoms with E-state index in [1.807, 2.05) is 35.4 Å². The van der Waals surface area contributed by atoms with Gasteiger partial charge in [0, 0.05) is 77.0 Å². The zero-order chi connectivity index (χ0) is 35.6. The van der Waals surface area contributed by atoms with Crippen LogP contribution in [0.15, 0.2) is 71.4 Å². The highest BCUT2D eigenvalue weighted by Crippen LogP contribution is 2.38. The number of amides is 1. The summed E-state index contributed by atoms with van der Waals surface area (Å²) in [6, 6.07) is 14.6. The van der Waals surface area contributed by atoms with E-state index in [1.54, 1.807) is 38.2 Å². The van der Waals surface area contributed by atoms with Crippen LogP contribution in [-0.4, -0.2) is 77.1 Å². The van der Waals surface area contributed by atoms with Gasteiger partial charge in [0.05, 0.1) is 31.2 Å². The number of hydrogen-bond acceptors (Lipinski definition) is 8. The van der Waals surface area contributed by atoms with Gasteiger partial charge in [-0.05, 0) is 77.9 Å². The number of pyridine rings is 2. The van der Waals surface area contributed by atoms with E-state index >= 15 is 0 Å². The van der Waals surface area contributed by atoms with Crippen molar-refractivity contribution in [2.75, 3.05) is 46.9 Å². The molecular weight excluding hydrogens is 640 g/mol. The Hall–Kier alpha value is -4.98. The summed E-state index contributed by atoms with van der Waals surface area (Å²) in [5.41, 5.74) is 6.89. The summed E-state index contributed by atoms with van der Waals surface area (Å²) in [4.78, 5) is 37.2.